The monoisotopic (exact) mass is 396 g/mol. The first-order valence-corrected chi connectivity index (χ1v) is 10.7. The Kier molecular flexibility index (Phi) is 5.59. The molecular formula is C28H28O2. The second-order valence-corrected chi connectivity index (χ2v) is 8.23. The number of carbonyl (C=O) groups excluding carboxylic acids is 1. The molecule has 4 rings (SSSR count). The minimum absolute atomic E-state index is 0.285. The van der Waals surface area contributed by atoms with Gasteiger partial charge in [-0.1, -0.05) is 56.3 Å². The number of fused-ring (bicyclic) bond motifs is 2. The third-order valence-corrected chi connectivity index (χ3v) is 6.16. The Morgan fingerprint density at radius 3 is 2.30 bits per heavy atom. The quantitative estimate of drug-likeness (QED) is 0.255. The molecule has 2 unspecified atom stereocenters. The summed E-state index contributed by atoms with van der Waals surface area (Å²) in [5, 5.41) is 4.86. The minimum Gasteiger partial charge on any atom is -0.454 e. The molecule has 2 heteroatoms. The first-order chi connectivity index (χ1) is 14.5. The van der Waals surface area contributed by atoms with Crippen LogP contribution in [0.15, 0.2) is 72.8 Å². The Balaban J connectivity index is 1.55. The number of hydrogen-bond acceptors (Lipinski definition) is 2. The van der Waals surface area contributed by atoms with E-state index in [1.165, 1.54) is 27.3 Å². The van der Waals surface area contributed by atoms with E-state index >= 15 is 0 Å². The molecule has 0 saturated heterocycles. The van der Waals surface area contributed by atoms with Gasteiger partial charge in [-0.25, -0.2) is 4.79 Å². The van der Waals surface area contributed by atoms with Gasteiger partial charge in [-0.05, 0) is 94.8 Å². The normalized spacial score (nSPS) is 13.3. The van der Waals surface area contributed by atoms with Crippen molar-refractivity contribution in [2.24, 2.45) is 0 Å². The Morgan fingerprint density at radius 2 is 1.57 bits per heavy atom. The molecular weight excluding hydrogens is 368 g/mol. The lowest BCUT2D eigenvalue weighted by molar-refractivity contribution is 0.0338. The Labute approximate surface area is 178 Å². The van der Waals surface area contributed by atoms with Crippen LogP contribution < -0.4 is 0 Å². The van der Waals surface area contributed by atoms with E-state index < -0.39 is 0 Å². The number of hydrogen-bond donors (Lipinski definition) is 0. The van der Waals surface area contributed by atoms with Crippen molar-refractivity contribution in [2.45, 2.75) is 46.1 Å². The molecule has 0 aromatic heterocycles. The van der Waals surface area contributed by atoms with Crippen LogP contribution in [0, 0.1) is 6.92 Å². The van der Waals surface area contributed by atoms with Gasteiger partial charge < -0.3 is 4.74 Å². The van der Waals surface area contributed by atoms with E-state index in [0.29, 0.717) is 11.5 Å². The Bertz CT molecular complexity index is 1200. The van der Waals surface area contributed by atoms with Crippen LogP contribution in [-0.2, 0) is 4.74 Å². The zero-order valence-corrected chi connectivity index (χ0v) is 18.1. The average molecular weight is 397 g/mol. The van der Waals surface area contributed by atoms with Gasteiger partial charge in [0.25, 0.3) is 0 Å². The molecule has 4 aromatic rings. The zero-order valence-electron chi connectivity index (χ0n) is 18.1. The van der Waals surface area contributed by atoms with E-state index in [2.05, 4.69) is 69.3 Å². The zero-order chi connectivity index (χ0) is 21.3. The fraction of sp³-hybridized carbons (Fsp3) is 0.250. The van der Waals surface area contributed by atoms with Crippen molar-refractivity contribution in [1.29, 1.82) is 0 Å². The van der Waals surface area contributed by atoms with Crippen LogP contribution in [0.4, 0.5) is 0 Å². The molecule has 0 aliphatic carbocycles. The van der Waals surface area contributed by atoms with Crippen molar-refractivity contribution in [2.75, 3.05) is 0 Å². The standard InChI is InChI=1S/C28H28O2/c1-5-18(2)21-9-11-22(12-10-21)28(29)30-20(4)23-13-14-24-17-27-19(3)7-6-8-25(27)16-26(24)15-23/h6-18,20H,5H2,1-4H3. The molecule has 0 bridgehead atoms. The second kappa shape index (κ2) is 8.31. The van der Waals surface area contributed by atoms with Gasteiger partial charge in [0, 0.05) is 0 Å². The molecule has 0 radical (unpaired) electrons. The molecule has 0 N–H and O–H groups in total. The summed E-state index contributed by atoms with van der Waals surface area (Å²) in [6, 6.07) is 24.9. The van der Waals surface area contributed by atoms with E-state index in [1.807, 2.05) is 31.2 Å². The SMILES string of the molecule is CCC(C)c1ccc(C(=O)OC(C)c2ccc3cc4c(C)cccc4cc3c2)cc1. The van der Waals surface area contributed by atoms with E-state index in [-0.39, 0.29) is 12.1 Å². The summed E-state index contributed by atoms with van der Waals surface area (Å²) in [5.41, 5.74) is 4.12. The lowest BCUT2D eigenvalue weighted by Crippen LogP contribution is -2.09. The summed E-state index contributed by atoms with van der Waals surface area (Å²) in [5.74, 6) is 0.207. The van der Waals surface area contributed by atoms with Gasteiger partial charge >= 0.3 is 5.97 Å². The first kappa shape index (κ1) is 20.2. The van der Waals surface area contributed by atoms with Crippen LogP contribution in [0.5, 0.6) is 0 Å². The Morgan fingerprint density at radius 1 is 0.833 bits per heavy atom. The van der Waals surface area contributed by atoms with E-state index in [9.17, 15) is 4.79 Å². The lowest BCUT2D eigenvalue weighted by Gasteiger charge is -2.15. The molecule has 0 aliphatic heterocycles. The summed E-state index contributed by atoms with van der Waals surface area (Å²) in [4.78, 5) is 12.6. The number of ether oxygens (including phenoxy) is 1. The number of carbonyl (C=O) groups is 1. The number of rotatable bonds is 5. The molecule has 0 heterocycles. The molecule has 0 aliphatic rings. The highest BCUT2D eigenvalue weighted by molar-refractivity contribution is 5.99. The number of benzene rings is 4. The molecule has 0 saturated carbocycles. The van der Waals surface area contributed by atoms with Crippen molar-refractivity contribution >= 4 is 27.5 Å². The van der Waals surface area contributed by atoms with E-state index in [1.54, 1.807) is 0 Å². The van der Waals surface area contributed by atoms with Crippen LogP contribution in [-0.4, -0.2) is 5.97 Å². The minimum atomic E-state index is -0.315. The van der Waals surface area contributed by atoms with E-state index in [0.717, 1.165) is 17.4 Å². The summed E-state index contributed by atoms with van der Waals surface area (Å²) in [7, 11) is 0. The molecule has 4 aromatic carbocycles. The predicted octanol–water partition coefficient (Wildman–Crippen LogP) is 7.73. The maximum atomic E-state index is 12.6. The number of esters is 1. The molecule has 0 amide bonds. The van der Waals surface area contributed by atoms with Crippen molar-refractivity contribution in [3.8, 4) is 0 Å². The summed E-state index contributed by atoms with van der Waals surface area (Å²) in [6.45, 7) is 8.43. The topological polar surface area (TPSA) is 26.3 Å². The van der Waals surface area contributed by atoms with Gasteiger partial charge in [-0.3, -0.25) is 0 Å². The van der Waals surface area contributed by atoms with Crippen molar-refractivity contribution in [1.82, 2.24) is 0 Å². The van der Waals surface area contributed by atoms with Crippen molar-refractivity contribution < 1.29 is 9.53 Å². The van der Waals surface area contributed by atoms with Crippen LogP contribution in [0.1, 0.15) is 66.3 Å². The average Bonchev–Trinajstić information content (AvgIpc) is 2.77. The third kappa shape index (κ3) is 3.95. The largest absolute Gasteiger partial charge is 0.454 e. The maximum Gasteiger partial charge on any atom is 0.338 e. The van der Waals surface area contributed by atoms with Crippen molar-refractivity contribution in [3.63, 3.8) is 0 Å². The van der Waals surface area contributed by atoms with Gasteiger partial charge in [0.15, 0.2) is 0 Å². The lowest BCUT2D eigenvalue weighted by atomic mass is 9.97. The van der Waals surface area contributed by atoms with Gasteiger partial charge in [-0.15, -0.1) is 0 Å². The van der Waals surface area contributed by atoms with Crippen LogP contribution >= 0.6 is 0 Å². The highest BCUT2D eigenvalue weighted by Gasteiger charge is 2.15. The first-order valence-electron chi connectivity index (χ1n) is 10.7. The Hall–Kier alpha value is -3.13. The van der Waals surface area contributed by atoms with Crippen molar-refractivity contribution in [3.05, 3.63) is 95.1 Å². The molecule has 0 spiro atoms. The summed E-state index contributed by atoms with van der Waals surface area (Å²) >= 11 is 0. The molecule has 2 nitrogen and oxygen atoms in total. The third-order valence-electron chi connectivity index (χ3n) is 6.16. The smallest absolute Gasteiger partial charge is 0.338 e. The maximum absolute atomic E-state index is 12.6. The van der Waals surface area contributed by atoms with Crippen LogP contribution in [0.25, 0.3) is 21.5 Å². The van der Waals surface area contributed by atoms with Gasteiger partial charge in [-0.2, -0.15) is 0 Å². The fourth-order valence-corrected chi connectivity index (χ4v) is 3.93. The van der Waals surface area contributed by atoms with Crippen LogP contribution in [0.2, 0.25) is 0 Å². The van der Waals surface area contributed by atoms with Crippen LogP contribution in [0.3, 0.4) is 0 Å². The fourth-order valence-electron chi connectivity index (χ4n) is 3.93. The molecule has 30 heavy (non-hydrogen) atoms. The summed E-state index contributed by atoms with van der Waals surface area (Å²) < 4.78 is 5.77. The predicted molar refractivity (Wildman–Crippen MR) is 125 cm³/mol. The van der Waals surface area contributed by atoms with Gasteiger partial charge in [0.1, 0.15) is 6.10 Å². The molecule has 0 fully saturated rings. The summed E-state index contributed by atoms with van der Waals surface area (Å²) in [6.07, 6.45) is 0.766. The van der Waals surface area contributed by atoms with Gasteiger partial charge in [0.05, 0.1) is 5.56 Å². The highest BCUT2D eigenvalue weighted by Crippen LogP contribution is 2.29. The molecule has 2 atom stereocenters. The molecule has 152 valence electrons. The van der Waals surface area contributed by atoms with Gasteiger partial charge in [0.2, 0.25) is 0 Å². The highest BCUT2D eigenvalue weighted by atomic mass is 16.5. The van der Waals surface area contributed by atoms with E-state index in [4.69, 9.17) is 4.74 Å². The second-order valence-electron chi connectivity index (χ2n) is 8.23. The number of aryl methyl sites for hydroxylation is 1.